The van der Waals surface area contributed by atoms with Gasteiger partial charge in [0.15, 0.2) is 0 Å². The molecular weight excluding hydrogens is 321 g/mol. The number of amides is 1. The third-order valence-corrected chi connectivity index (χ3v) is 3.45. The number of hydrogen-bond acceptors (Lipinski definition) is 4. The largest absolute Gasteiger partial charge is 0.497 e. The number of anilines is 3. The van der Waals surface area contributed by atoms with Gasteiger partial charge in [-0.1, -0.05) is 12.1 Å². The molecule has 0 aliphatic rings. The maximum absolute atomic E-state index is 13.2. The molecule has 126 valence electrons. The predicted molar refractivity (Wildman–Crippen MR) is 94.9 cm³/mol. The number of carbonyl (C=O) groups is 1. The van der Waals surface area contributed by atoms with Gasteiger partial charge in [0.2, 0.25) is 0 Å². The minimum atomic E-state index is -0.460. The summed E-state index contributed by atoms with van der Waals surface area (Å²) in [5, 5.41) is 5.82. The first-order valence-electron chi connectivity index (χ1n) is 7.58. The van der Waals surface area contributed by atoms with Gasteiger partial charge >= 0.3 is 0 Å². The zero-order valence-corrected chi connectivity index (χ0v) is 13.5. The van der Waals surface area contributed by atoms with Gasteiger partial charge in [-0.3, -0.25) is 4.79 Å². The normalized spacial score (nSPS) is 10.2. The van der Waals surface area contributed by atoms with Crippen LogP contribution in [0.15, 0.2) is 66.9 Å². The standard InChI is InChI=1S/C19H16FN3O2/c1-25-17-7-3-6-15(11-17)22-16-8-9-18(21-12-16)23-19(24)13-4-2-5-14(20)10-13/h2-12,22H,1H3,(H,21,23,24). The van der Waals surface area contributed by atoms with Gasteiger partial charge in [0.1, 0.15) is 17.4 Å². The van der Waals surface area contributed by atoms with Crippen molar-refractivity contribution in [3.8, 4) is 5.75 Å². The first-order valence-corrected chi connectivity index (χ1v) is 7.58. The quantitative estimate of drug-likeness (QED) is 0.731. The van der Waals surface area contributed by atoms with E-state index in [0.717, 1.165) is 17.1 Å². The van der Waals surface area contributed by atoms with E-state index in [4.69, 9.17) is 4.74 Å². The lowest BCUT2D eigenvalue weighted by atomic mass is 10.2. The number of nitrogens with zero attached hydrogens (tertiary/aromatic N) is 1. The summed E-state index contributed by atoms with van der Waals surface area (Å²) < 4.78 is 18.3. The number of halogens is 1. The third kappa shape index (κ3) is 4.32. The highest BCUT2D eigenvalue weighted by molar-refractivity contribution is 6.03. The molecule has 2 aromatic carbocycles. The lowest BCUT2D eigenvalue weighted by Crippen LogP contribution is -2.13. The van der Waals surface area contributed by atoms with Crippen molar-refractivity contribution in [2.24, 2.45) is 0 Å². The van der Waals surface area contributed by atoms with Crippen LogP contribution in [0.3, 0.4) is 0 Å². The lowest BCUT2D eigenvalue weighted by molar-refractivity contribution is 0.102. The molecule has 3 rings (SSSR count). The van der Waals surface area contributed by atoms with E-state index in [1.165, 1.54) is 24.3 Å². The average Bonchev–Trinajstić information content (AvgIpc) is 2.63. The van der Waals surface area contributed by atoms with Crippen LogP contribution < -0.4 is 15.4 Å². The Hall–Kier alpha value is -3.41. The van der Waals surface area contributed by atoms with Gasteiger partial charge < -0.3 is 15.4 Å². The first kappa shape index (κ1) is 16.4. The average molecular weight is 337 g/mol. The van der Waals surface area contributed by atoms with Crippen LogP contribution in [0.1, 0.15) is 10.4 Å². The Balaban J connectivity index is 1.66. The van der Waals surface area contributed by atoms with Crippen LogP contribution >= 0.6 is 0 Å². The van der Waals surface area contributed by atoms with Gasteiger partial charge in [-0.05, 0) is 42.5 Å². The Kier molecular flexibility index (Phi) is 4.89. The van der Waals surface area contributed by atoms with Crippen molar-refractivity contribution >= 4 is 23.1 Å². The zero-order chi connectivity index (χ0) is 17.6. The molecule has 0 aliphatic carbocycles. The highest BCUT2D eigenvalue weighted by Crippen LogP contribution is 2.21. The van der Waals surface area contributed by atoms with Crippen molar-refractivity contribution in [1.82, 2.24) is 4.98 Å². The second-order valence-electron chi connectivity index (χ2n) is 5.25. The van der Waals surface area contributed by atoms with Crippen molar-refractivity contribution in [1.29, 1.82) is 0 Å². The molecule has 1 heterocycles. The highest BCUT2D eigenvalue weighted by atomic mass is 19.1. The Morgan fingerprint density at radius 3 is 2.60 bits per heavy atom. The molecule has 6 heteroatoms. The number of ether oxygens (including phenoxy) is 1. The molecule has 0 atom stereocenters. The number of pyridine rings is 1. The van der Waals surface area contributed by atoms with Crippen LogP contribution in [0.2, 0.25) is 0 Å². The minimum absolute atomic E-state index is 0.236. The number of carbonyl (C=O) groups excluding carboxylic acids is 1. The van der Waals surface area contributed by atoms with Gasteiger partial charge in [0.05, 0.1) is 19.0 Å². The number of methoxy groups -OCH3 is 1. The fraction of sp³-hybridized carbons (Fsp3) is 0.0526. The summed E-state index contributed by atoms with van der Waals surface area (Å²) in [4.78, 5) is 16.3. The third-order valence-electron chi connectivity index (χ3n) is 3.45. The zero-order valence-electron chi connectivity index (χ0n) is 13.5. The van der Waals surface area contributed by atoms with Crippen molar-refractivity contribution < 1.29 is 13.9 Å². The molecule has 0 spiro atoms. The van der Waals surface area contributed by atoms with Crippen LogP contribution in [0.5, 0.6) is 5.75 Å². The second kappa shape index (κ2) is 7.44. The van der Waals surface area contributed by atoms with E-state index in [0.29, 0.717) is 5.82 Å². The maximum atomic E-state index is 13.2. The molecule has 0 bridgehead atoms. The molecule has 5 nitrogen and oxygen atoms in total. The van der Waals surface area contributed by atoms with Gasteiger partial charge in [-0.2, -0.15) is 0 Å². The summed E-state index contributed by atoms with van der Waals surface area (Å²) in [6.07, 6.45) is 1.60. The van der Waals surface area contributed by atoms with Crippen molar-refractivity contribution in [3.05, 3.63) is 78.2 Å². The van der Waals surface area contributed by atoms with Crippen molar-refractivity contribution in [2.45, 2.75) is 0 Å². The lowest BCUT2D eigenvalue weighted by Gasteiger charge is -2.09. The Morgan fingerprint density at radius 2 is 1.88 bits per heavy atom. The van der Waals surface area contributed by atoms with Crippen LogP contribution in [-0.4, -0.2) is 18.0 Å². The molecular formula is C19H16FN3O2. The summed E-state index contributed by atoms with van der Waals surface area (Å²) in [5.41, 5.74) is 1.86. The van der Waals surface area contributed by atoms with E-state index < -0.39 is 11.7 Å². The number of rotatable bonds is 5. The molecule has 0 aliphatic heterocycles. The van der Waals surface area contributed by atoms with E-state index >= 15 is 0 Å². The second-order valence-corrected chi connectivity index (χ2v) is 5.25. The van der Waals surface area contributed by atoms with E-state index in [-0.39, 0.29) is 5.56 Å². The smallest absolute Gasteiger partial charge is 0.256 e. The van der Waals surface area contributed by atoms with Crippen molar-refractivity contribution in [2.75, 3.05) is 17.7 Å². The minimum Gasteiger partial charge on any atom is -0.497 e. The molecule has 0 saturated heterocycles. The van der Waals surface area contributed by atoms with E-state index in [9.17, 15) is 9.18 Å². The van der Waals surface area contributed by atoms with E-state index in [1.807, 2.05) is 24.3 Å². The monoisotopic (exact) mass is 337 g/mol. The summed E-state index contributed by atoms with van der Waals surface area (Å²) >= 11 is 0. The molecule has 0 unspecified atom stereocenters. The van der Waals surface area contributed by atoms with Gasteiger partial charge in [0.25, 0.3) is 5.91 Å². The van der Waals surface area contributed by atoms with Crippen molar-refractivity contribution in [3.63, 3.8) is 0 Å². The Morgan fingerprint density at radius 1 is 1.04 bits per heavy atom. The molecule has 1 amide bonds. The molecule has 0 saturated carbocycles. The highest BCUT2D eigenvalue weighted by Gasteiger charge is 2.07. The molecule has 1 aromatic heterocycles. The van der Waals surface area contributed by atoms with Gasteiger partial charge in [-0.15, -0.1) is 0 Å². The Labute approximate surface area is 144 Å². The summed E-state index contributed by atoms with van der Waals surface area (Å²) in [6.45, 7) is 0. The first-order chi connectivity index (χ1) is 12.1. The fourth-order valence-corrected chi connectivity index (χ4v) is 2.23. The van der Waals surface area contributed by atoms with Gasteiger partial charge in [0, 0.05) is 17.3 Å². The van der Waals surface area contributed by atoms with E-state index in [1.54, 1.807) is 25.4 Å². The predicted octanol–water partition coefficient (Wildman–Crippen LogP) is 4.23. The SMILES string of the molecule is COc1cccc(Nc2ccc(NC(=O)c3cccc(F)c3)nc2)c1. The molecule has 0 radical (unpaired) electrons. The number of hydrogen-bond donors (Lipinski definition) is 2. The van der Waals surface area contributed by atoms with E-state index in [2.05, 4.69) is 15.6 Å². The summed E-state index contributed by atoms with van der Waals surface area (Å²) in [6, 6.07) is 16.4. The van der Waals surface area contributed by atoms with Crippen LogP contribution in [0.25, 0.3) is 0 Å². The number of nitrogens with one attached hydrogen (secondary N) is 2. The molecule has 0 fully saturated rings. The molecule has 25 heavy (non-hydrogen) atoms. The summed E-state index contributed by atoms with van der Waals surface area (Å²) in [7, 11) is 1.61. The maximum Gasteiger partial charge on any atom is 0.256 e. The van der Waals surface area contributed by atoms with Crippen LogP contribution in [0, 0.1) is 5.82 Å². The Bertz CT molecular complexity index is 882. The van der Waals surface area contributed by atoms with Gasteiger partial charge in [-0.25, -0.2) is 9.37 Å². The van der Waals surface area contributed by atoms with Crippen LogP contribution in [-0.2, 0) is 0 Å². The molecule has 3 aromatic rings. The fourth-order valence-electron chi connectivity index (χ4n) is 2.23. The summed E-state index contributed by atoms with van der Waals surface area (Å²) in [5.74, 6) is 0.251. The number of aromatic nitrogens is 1. The number of benzene rings is 2. The topological polar surface area (TPSA) is 63.2 Å². The molecule has 2 N–H and O–H groups in total. The van der Waals surface area contributed by atoms with Crippen LogP contribution in [0.4, 0.5) is 21.6 Å².